The minimum absolute atomic E-state index is 0.0117. The Morgan fingerprint density at radius 2 is 1.69 bits per heavy atom. The Bertz CT molecular complexity index is 983. The lowest BCUT2D eigenvalue weighted by atomic mass is 10.1. The number of carbonyl (C=O) groups is 2. The molecule has 2 aromatic carbocycles. The smallest absolute Gasteiger partial charge is 0.255 e. The molecule has 0 saturated heterocycles. The molecule has 0 aliphatic carbocycles. The average molecular weight is 389 g/mol. The van der Waals surface area contributed by atoms with Crippen molar-refractivity contribution in [1.82, 2.24) is 4.98 Å². The molecule has 1 heterocycles. The molecule has 6 heteroatoms. The van der Waals surface area contributed by atoms with Crippen molar-refractivity contribution in [1.29, 1.82) is 0 Å². The maximum atomic E-state index is 12.5. The summed E-state index contributed by atoms with van der Waals surface area (Å²) in [5, 5.41) is 6.07. The molecule has 1 aromatic heterocycles. The number of methoxy groups -OCH3 is 1. The molecular formula is C23H23N3O3. The van der Waals surface area contributed by atoms with Gasteiger partial charge in [-0.3, -0.25) is 9.59 Å². The number of hydrogen-bond acceptors (Lipinski definition) is 5. The largest absolute Gasteiger partial charge is 0.497 e. The Hall–Kier alpha value is -3.67. The van der Waals surface area contributed by atoms with Gasteiger partial charge in [0.1, 0.15) is 11.6 Å². The number of rotatable bonds is 8. The third-order valence-corrected chi connectivity index (χ3v) is 4.45. The molecule has 0 fully saturated rings. The van der Waals surface area contributed by atoms with E-state index in [0.29, 0.717) is 29.2 Å². The van der Waals surface area contributed by atoms with Gasteiger partial charge in [-0.2, -0.15) is 0 Å². The van der Waals surface area contributed by atoms with Crippen molar-refractivity contribution in [3.63, 3.8) is 0 Å². The first-order valence-corrected chi connectivity index (χ1v) is 9.30. The zero-order valence-electron chi connectivity index (χ0n) is 16.4. The predicted molar refractivity (Wildman–Crippen MR) is 114 cm³/mol. The van der Waals surface area contributed by atoms with Gasteiger partial charge in [0.25, 0.3) is 5.91 Å². The van der Waals surface area contributed by atoms with E-state index in [1.165, 1.54) is 12.5 Å². The van der Waals surface area contributed by atoms with Gasteiger partial charge in [-0.25, -0.2) is 4.98 Å². The van der Waals surface area contributed by atoms with Gasteiger partial charge in [0.2, 0.25) is 0 Å². The van der Waals surface area contributed by atoms with Crippen LogP contribution in [0.1, 0.15) is 33.2 Å². The van der Waals surface area contributed by atoms with Crippen LogP contribution in [-0.2, 0) is 6.42 Å². The van der Waals surface area contributed by atoms with Crippen LogP contribution in [0.3, 0.4) is 0 Å². The maximum Gasteiger partial charge on any atom is 0.255 e. The van der Waals surface area contributed by atoms with Crippen LogP contribution >= 0.6 is 0 Å². The molecule has 148 valence electrons. The van der Waals surface area contributed by atoms with Crippen LogP contribution < -0.4 is 15.4 Å². The molecule has 0 radical (unpaired) electrons. The lowest BCUT2D eigenvalue weighted by molar-refractivity contribution is 0.101. The summed E-state index contributed by atoms with van der Waals surface area (Å²) < 4.78 is 5.16. The highest BCUT2D eigenvalue weighted by molar-refractivity contribution is 6.05. The Labute approximate surface area is 169 Å². The minimum atomic E-state index is -0.235. The topological polar surface area (TPSA) is 80.3 Å². The number of nitrogens with zero attached hydrogens (tertiary/aromatic N) is 1. The summed E-state index contributed by atoms with van der Waals surface area (Å²) in [6, 6.07) is 18.1. The zero-order valence-corrected chi connectivity index (χ0v) is 16.4. The number of benzene rings is 2. The first-order chi connectivity index (χ1) is 14.0. The number of amides is 1. The first-order valence-electron chi connectivity index (χ1n) is 9.30. The van der Waals surface area contributed by atoms with Crippen LogP contribution in [0.2, 0.25) is 0 Å². The fourth-order valence-corrected chi connectivity index (χ4v) is 2.79. The van der Waals surface area contributed by atoms with Gasteiger partial charge in [0.05, 0.1) is 7.11 Å². The maximum absolute atomic E-state index is 12.5. The number of hydrogen-bond donors (Lipinski definition) is 2. The molecule has 0 saturated carbocycles. The zero-order chi connectivity index (χ0) is 20.6. The number of aromatic nitrogens is 1. The van der Waals surface area contributed by atoms with Crippen molar-refractivity contribution in [2.24, 2.45) is 0 Å². The van der Waals surface area contributed by atoms with E-state index in [2.05, 4.69) is 15.6 Å². The van der Waals surface area contributed by atoms with Crippen LogP contribution in [0.5, 0.6) is 5.75 Å². The molecule has 0 aliphatic rings. The number of pyridine rings is 1. The van der Waals surface area contributed by atoms with Gasteiger partial charge < -0.3 is 15.4 Å². The molecule has 3 rings (SSSR count). The number of anilines is 2. The number of Topliss-reactive ketones (excluding diaryl/α,β-unsaturated/α-hetero) is 1. The van der Waals surface area contributed by atoms with Crippen LogP contribution in [0.15, 0.2) is 66.9 Å². The highest BCUT2D eigenvalue weighted by Crippen LogP contribution is 2.14. The van der Waals surface area contributed by atoms with Crippen molar-refractivity contribution in [2.75, 3.05) is 24.3 Å². The van der Waals surface area contributed by atoms with Gasteiger partial charge >= 0.3 is 0 Å². The van der Waals surface area contributed by atoms with Crippen LogP contribution in [-0.4, -0.2) is 30.3 Å². The molecule has 29 heavy (non-hydrogen) atoms. The standard InChI is InChI=1S/C23H23N3O3/c1-16(27)18-5-7-20(8-6-18)26-23(28)19-12-14-25-22(15-19)24-13-11-17-3-9-21(29-2)10-4-17/h3-10,12,14-15H,11,13H2,1-2H3,(H,24,25)(H,26,28). The summed E-state index contributed by atoms with van der Waals surface area (Å²) in [6.45, 7) is 2.20. The van der Waals surface area contributed by atoms with Gasteiger partial charge in [-0.05, 0) is 67.4 Å². The fourth-order valence-electron chi connectivity index (χ4n) is 2.79. The molecule has 6 nitrogen and oxygen atoms in total. The van der Waals surface area contributed by atoms with Crippen LogP contribution in [0.4, 0.5) is 11.5 Å². The van der Waals surface area contributed by atoms with Crippen LogP contribution in [0.25, 0.3) is 0 Å². The molecule has 0 unspecified atom stereocenters. The Balaban J connectivity index is 1.56. The molecule has 3 aromatic rings. The van der Waals surface area contributed by atoms with E-state index >= 15 is 0 Å². The van der Waals surface area contributed by atoms with E-state index in [4.69, 9.17) is 4.74 Å². The monoisotopic (exact) mass is 389 g/mol. The van der Waals surface area contributed by atoms with E-state index in [0.717, 1.165) is 12.2 Å². The number of nitrogens with one attached hydrogen (secondary N) is 2. The molecule has 2 N–H and O–H groups in total. The number of ether oxygens (including phenoxy) is 1. The summed E-state index contributed by atoms with van der Waals surface area (Å²) >= 11 is 0. The van der Waals surface area contributed by atoms with Crippen molar-refractivity contribution in [3.05, 3.63) is 83.6 Å². The van der Waals surface area contributed by atoms with Crippen molar-refractivity contribution >= 4 is 23.2 Å². The van der Waals surface area contributed by atoms with Gasteiger partial charge in [0.15, 0.2) is 5.78 Å². The van der Waals surface area contributed by atoms with Gasteiger partial charge in [-0.1, -0.05) is 12.1 Å². The molecule has 0 spiro atoms. The fraction of sp³-hybridized carbons (Fsp3) is 0.174. The highest BCUT2D eigenvalue weighted by Gasteiger charge is 2.08. The third-order valence-electron chi connectivity index (χ3n) is 4.45. The summed E-state index contributed by atoms with van der Waals surface area (Å²) in [5.41, 5.74) is 2.92. The molecule has 1 amide bonds. The Morgan fingerprint density at radius 1 is 0.966 bits per heavy atom. The summed E-state index contributed by atoms with van der Waals surface area (Å²) in [5.74, 6) is 1.22. The van der Waals surface area contributed by atoms with E-state index in [1.54, 1.807) is 49.7 Å². The Kier molecular flexibility index (Phi) is 6.58. The van der Waals surface area contributed by atoms with E-state index < -0.39 is 0 Å². The second-order valence-corrected chi connectivity index (χ2v) is 6.54. The molecule has 0 aliphatic heterocycles. The number of carbonyl (C=O) groups excluding carboxylic acids is 2. The summed E-state index contributed by atoms with van der Waals surface area (Å²) in [4.78, 5) is 28.1. The molecule has 0 atom stereocenters. The van der Waals surface area contributed by atoms with Gasteiger partial charge in [0, 0.05) is 29.6 Å². The van der Waals surface area contributed by atoms with Crippen LogP contribution in [0, 0.1) is 0 Å². The SMILES string of the molecule is COc1ccc(CCNc2cc(C(=O)Nc3ccc(C(C)=O)cc3)ccn2)cc1. The first kappa shape index (κ1) is 20.1. The van der Waals surface area contributed by atoms with Crippen molar-refractivity contribution in [2.45, 2.75) is 13.3 Å². The minimum Gasteiger partial charge on any atom is -0.497 e. The lowest BCUT2D eigenvalue weighted by Crippen LogP contribution is -2.13. The van der Waals surface area contributed by atoms with Crippen molar-refractivity contribution < 1.29 is 14.3 Å². The quantitative estimate of drug-likeness (QED) is 0.565. The highest BCUT2D eigenvalue weighted by atomic mass is 16.5. The normalized spacial score (nSPS) is 10.3. The summed E-state index contributed by atoms with van der Waals surface area (Å²) in [6.07, 6.45) is 2.42. The molecular weight excluding hydrogens is 366 g/mol. The second kappa shape index (κ2) is 9.50. The van der Waals surface area contributed by atoms with Gasteiger partial charge in [-0.15, -0.1) is 0 Å². The summed E-state index contributed by atoms with van der Waals surface area (Å²) in [7, 11) is 1.65. The van der Waals surface area contributed by atoms with E-state index in [9.17, 15) is 9.59 Å². The number of ketones is 1. The Morgan fingerprint density at radius 3 is 2.34 bits per heavy atom. The van der Waals surface area contributed by atoms with Crippen molar-refractivity contribution in [3.8, 4) is 5.75 Å². The lowest BCUT2D eigenvalue weighted by Gasteiger charge is -2.09. The third kappa shape index (κ3) is 5.65. The predicted octanol–water partition coefficient (Wildman–Crippen LogP) is 4.20. The van der Waals surface area contributed by atoms with E-state index in [-0.39, 0.29) is 11.7 Å². The molecule has 0 bridgehead atoms. The second-order valence-electron chi connectivity index (χ2n) is 6.54. The average Bonchev–Trinajstić information content (AvgIpc) is 2.75. The van der Waals surface area contributed by atoms with E-state index in [1.807, 2.05) is 24.3 Å².